The zero-order chi connectivity index (χ0) is 24.1. The number of ether oxygens (including phenoxy) is 1. The van der Waals surface area contributed by atoms with Gasteiger partial charge >= 0.3 is 12.1 Å². The topological polar surface area (TPSA) is 105 Å². The van der Waals surface area contributed by atoms with Gasteiger partial charge in [0.2, 0.25) is 5.91 Å². The third kappa shape index (κ3) is 5.58. The highest BCUT2D eigenvalue weighted by molar-refractivity contribution is 5.84. The van der Waals surface area contributed by atoms with E-state index in [2.05, 4.69) is 34.9 Å². The van der Waals surface area contributed by atoms with Crippen molar-refractivity contribution in [3.63, 3.8) is 0 Å². The molecule has 1 saturated carbocycles. The summed E-state index contributed by atoms with van der Waals surface area (Å²) >= 11 is 0. The molecule has 0 heterocycles. The van der Waals surface area contributed by atoms with Gasteiger partial charge in [-0.2, -0.15) is 0 Å². The van der Waals surface area contributed by atoms with Gasteiger partial charge in [-0.3, -0.25) is 4.79 Å². The Bertz CT molecular complexity index is 1000. The molecule has 2 amide bonds. The van der Waals surface area contributed by atoms with Gasteiger partial charge in [-0.05, 0) is 47.4 Å². The predicted molar refractivity (Wildman–Crippen MR) is 128 cm³/mol. The van der Waals surface area contributed by atoms with Gasteiger partial charge in [0.1, 0.15) is 12.6 Å². The van der Waals surface area contributed by atoms with Crippen molar-refractivity contribution >= 4 is 18.0 Å². The average molecular weight is 465 g/mol. The van der Waals surface area contributed by atoms with E-state index in [1.54, 1.807) is 0 Å². The maximum absolute atomic E-state index is 12.7. The van der Waals surface area contributed by atoms with E-state index >= 15 is 0 Å². The Balaban J connectivity index is 1.34. The summed E-state index contributed by atoms with van der Waals surface area (Å²) in [5, 5.41) is 14.8. The lowest BCUT2D eigenvalue weighted by molar-refractivity contribution is -0.142. The van der Waals surface area contributed by atoms with E-state index in [-0.39, 0.29) is 36.8 Å². The van der Waals surface area contributed by atoms with Crippen LogP contribution < -0.4 is 10.6 Å². The van der Waals surface area contributed by atoms with Gasteiger partial charge in [0, 0.05) is 18.4 Å². The highest BCUT2D eigenvalue weighted by atomic mass is 16.5. The van der Waals surface area contributed by atoms with Crippen molar-refractivity contribution in [2.45, 2.75) is 63.5 Å². The highest BCUT2D eigenvalue weighted by Crippen LogP contribution is 2.44. The number of carbonyl (C=O) groups excluding carboxylic acids is 2. The largest absolute Gasteiger partial charge is 0.480 e. The number of rotatable bonds is 11. The minimum Gasteiger partial charge on any atom is -0.480 e. The molecule has 3 N–H and O–H groups in total. The number of hydrogen-bond acceptors (Lipinski definition) is 4. The fourth-order valence-corrected chi connectivity index (χ4v) is 4.74. The molecule has 34 heavy (non-hydrogen) atoms. The molecular weight excluding hydrogens is 432 g/mol. The Morgan fingerprint density at radius 2 is 1.62 bits per heavy atom. The first kappa shape index (κ1) is 23.8. The maximum atomic E-state index is 12.7. The van der Waals surface area contributed by atoms with E-state index in [9.17, 15) is 19.5 Å². The van der Waals surface area contributed by atoms with Crippen LogP contribution in [0.5, 0.6) is 0 Å². The van der Waals surface area contributed by atoms with Crippen LogP contribution in [0, 0.1) is 5.92 Å². The van der Waals surface area contributed by atoms with E-state index in [0.717, 1.165) is 47.9 Å². The van der Waals surface area contributed by atoms with Gasteiger partial charge in [-0.1, -0.05) is 68.3 Å². The van der Waals surface area contributed by atoms with Gasteiger partial charge in [-0.15, -0.1) is 0 Å². The van der Waals surface area contributed by atoms with Crippen molar-refractivity contribution < 1.29 is 24.2 Å². The molecule has 7 heteroatoms. The minimum absolute atomic E-state index is 0.0317. The number of nitrogens with one attached hydrogen (secondary N) is 2. The number of carboxylic acid groups (broad SMARTS) is 1. The van der Waals surface area contributed by atoms with E-state index in [4.69, 9.17) is 4.74 Å². The van der Waals surface area contributed by atoms with E-state index in [1.165, 1.54) is 0 Å². The molecule has 2 aromatic carbocycles. The lowest BCUT2D eigenvalue weighted by Gasteiger charge is -2.21. The monoisotopic (exact) mass is 464 g/mol. The fourth-order valence-electron chi connectivity index (χ4n) is 4.74. The number of alkyl carbamates (subject to hydrolysis) is 1. The Kier molecular flexibility index (Phi) is 7.50. The first-order valence-corrected chi connectivity index (χ1v) is 12.1. The van der Waals surface area contributed by atoms with Crippen LogP contribution in [0.4, 0.5) is 4.79 Å². The van der Waals surface area contributed by atoms with Crippen molar-refractivity contribution in [1.82, 2.24) is 10.6 Å². The smallest absolute Gasteiger partial charge is 0.407 e. The molecule has 0 bridgehead atoms. The van der Waals surface area contributed by atoms with Crippen LogP contribution in [0.15, 0.2) is 48.5 Å². The molecule has 2 aliphatic carbocycles. The maximum Gasteiger partial charge on any atom is 0.407 e. The van der Waals surface area contributed by atoms with Crippen molar-refractivity contribution in [3.05, 3.63) is 59.7 Å². The number of fused-ring (bicyclic) bond motifs is 3. The van der Waals surface area contributed by atoms with Gasteiger partial charge < -0.3 is 20.5 Å². The van der Waals surface area contributed by atoms with Crippen LogP contribution in [0.1, 0.15) is 62.5 Å². The molecular formula is C27H32N2O5. The average Bonchev–Trinajstić information content (AvgIpc) is 3.63. The van der Waals surface area contributed by atoms with Crippen LogP contribution >= 0.6 is 0 Å². The first-order chi connectivity index (χ1) is 16.5. The van der Waals surface area contributed by atoms with Crippen LogP contribution in [-0.2, 0) is 14.3 Å². The number of amides is 2. The molecule has 2 aliphatic rings. The third-order valence-electron chi connectivity index (χ3n) is 6.72. The first-order valence-electron chi connectivity index (χ1n) is 12.1. The number of carboxylic acids is 1. The summed E-state index contributed by atoms with van der Waals surface area (Å²) in [7, 11) is 0. The highest BCUT2D eigenvalue weighted by Gasteiger charge is 2.35. The second-order valence-corrected chi connectivity index (χ2v) is 9.22. The van der Waals surface area contributed by atoms with Crippen LogP contribution in [0.3, 0.4) is 0 Å². The molecule has 1 unspecified atom stereocenters. The summed E-state index contributed by atoms with van der Waals surface area (Å²) in [4.78, 5) is 36.6. The van der Waals surface area contributed by atoms with Gasteiger partial charge in [0.05, 0.1) is 0 Å². The zero-order valence-corrected chi connectivity index (χ0v) is 19.5. The number of carbonyl (C=O) groups is 3. The van der Waals surface area contributed by atoms with E-state index in [0.29, 0.717) is 6.42 Å². The number of hydrogen-bond donors (Lipinski definition) is 3. The Labute approximate surface area is 199 Å². The number of unbranched alkanes of at least 4 members (excludes halogenated alkanes) is 1. The number of benzene rings is 2. The van der Waals surface area contributed by atoms with Gasteiger partial charge in [0.15, 0.2) is 0 Å². The fraction of sp³-hybridized carbons (Fsp3) is 0.444. The Hall–Kier alpha value is -3.35. The van der Waals surface area contributed by atoms with Crippen LogP contribution in [0.25, 0.3) is 11.1 Å². The summed E-state index contributed by atoms with van der Waals surface area (Å²) < 4.78 is 5.63. The molecule has 0 aromatic heterocycles. The predicted octanol–water partition coefficient (Wildman–Crippen LogP) is 4.45. The summed E-state index contributed by atoms with van der Waals surface area (Å²) in [5.41, 5.74) is 4.61. The molecule has 180 valence electrons. The van der Waals surface area contributed by atoms with Crippen LogP contribution in [-0.4, -0.2) is 41.8 Å². The second-order valence-electron chi connectivity index (χ2n) is 9.22. The minimum atomic E-state index is -1.03. The molecule has 0 spiro atoms. The Morgan fingerprint density at radius 1 is 1.00 bits per heavy atom. The Morgan fingerprint density at radius 3 is 2.18 bits per heavy atom. The molecule has 0 aliphatic heterocycles. The van der Waals surface area contributed by atoms with Crippen LogP contribution in [0.2, 0.25) is 0 Å². The summed E-state index contributed by atoms with van der Waals surface area (Å²) in [6, 6.07) is 15.0. The van der Waals surface area contributed by atoms with Gasteiger partial charge in [-0.25, -0.2) is 9.59 Å². The SMILES string of the molecule is CCCC[C@H](NC(=O)CC(NC(=O)OCC1c2ccccc2-c2ccccc21)C1CC1)C(=O)O. The molecule has 2 atom stereocenters. The zero-order valence-electron chi connectivity index (χ0n) is 19.5. The summed E-state index contributed by atoms with van der Waals surface area (Å²) in [6.45, 7) is 2.18. The lowest BCUT2D eigenvalue weighted by atomic mass is 9.98. The quantitative estimate of drug-likeness (QED) is 0.456. The van der Waals surface area contributed by atoms with E-state index in [1.807, 2.05) is 31.2 Å². The van der Waals surface area contributed by atoms with E-state index < -0.39 is 18.1 Å². The normalized spacial score (nSPS) is 16.1. The number of aliphatic carboxylic acids is 1. The molecule has 4 rings (SSSR count). The van der Waals surface area contributed by atoms with Crippen molar-refractivity contribution in [2.24, 2.45) is 5.92 Å². The molecule has 2 aromatic rings. The molecule has 0 saturated heterocycles. The summed E-state index contributed by atoms with van der Waals surface area (Å²) in [6.07, 6.45) is 3.33. The third-order valence-corrected chi connectivity index (χ3v) is 6.72. The molecule has 0 radical (unpaired) electrons. The summed E-state index contributed by atoms with van der Waals surface area (Å²) in [5.74, 6) is -1.21. The molecule has 1 fully saturated rings. The second kappa shape index (κ2) is 10.7. The molecule has 7 nitrogen and oxygen atoms in total. The lowest BCUT2D eigenvalue weighted by Crippen LogP contribution is -2.45. The van der Waals surface area contributed by atoms with Crippen molar-refractivity contribution in [1.29, 1.82) is 0 Å². The van der Waals surface area contributed by atoms with Crippen molar-refractivity contribution in [2.75, 3.05) is 6.61 Å². The van der Waals surface area contributed by atoms with Gasteiger partial charge in [0.25, 0.3) is 0 Å². The standard InChI is InChI=1S/C27H32N2O5/c1-2-3-12-23(26(31)32)28-25(30)15-24(17-13-14-17)29-27(33)34-16-22-20-10-6-4-8-18(20)19-9-5-7-11-21(19)22/h4-11,17,22-24H,2-3,12-16H2,1H3,(H,28,30)(H,29,33)(H,31,32)/t23-,24?/m0/s1. The van der Waals surface area contributed by atoms with Crippen molar-refractivity contribution in [3.8, 4) is 11.1 Å².